The van der Waals surface area contributed by atoms with Crippen LogP contribution in [0.4, 0.5) is 5.69 Å². The minimum atomic E-state index is 0.0341. The summed E-state index contributed by atoms with van der Waals surface area (Å²) in [5, 5.41) is 11.8. The lowest BCUT2D eigenvalue weighted by molar-refractivity contribution is -0.115. The standard InChI is InChI=1S/C14H15N3O2/c1-8-14(17-12(15-8)4-5-18)9-2-3-11-10(6-9)7-13(19)16-11/h2-3,6,18H,4-5,7H2,1H3,(H,15,17)(H,16,19). The fraction of sp³-hybridized carbons (Fsp3) is 0.286. The molecule has 0 saturated heterocycles. The summed E-state index contributed by atoms with van der Waals surface area (Å²) < 4.78 is 0. The van der Waals surface area contributed by atoms with Crippen molar-refractivity contribution in [2.75, 3.05) is 11.9 Å². The molecule has 2 heterocycles. The van der Waals surface area contributed by atoms with Gasteiger partial charge in [-0.25, -0.2) is 4.98 Å². The lowest BCUT2D eigenvalue weighted by Gasteiger charge is -2.02. The van der Waals surface area contributed by atoms with E-state index in [1.165, 1.54) is 0 Å². The van der Waals surface area contributed by atoms with E-state index >= 15 is 0 Å². The van der Waals surface area contributed by atoms with Crippen LogP contribution in [0.5, 0.6) is 0 Å². The highest BCUT2D eigenvalue weighted by Crippen LogP contribution is 2.29. The Morgan fingerprint density at radius 2 is 2.26 bits per heavy atom. The summed E-state index contributed by atoms with van der Waals surface area (Å²) in [5.41, 5.74) is 4.74. The number of aromatic amines is 1. The van der Waals surface area contributed by atoms with Crippen molar-refractivity contribution in [2.24, 2.45) is 0 Å². The zero-order valence-electron chi connectivity index (χ0n) is 10.7. The molecule has 1 aromatic carbocycles. The van der Waals surface area contributed by atoms with Crippen molar-refractivity contribution in [3.8, 4) is 11.3 Å². The minimum absolute atomic E-state index is 0.0341. The SMILES string of the molecule is Cc1[nH]c(CCO)nc1-c1ccc2c(c1)CC(=O)N2. The normalized spacial score (nSPS) is 13.5. The molecule has 0 aliphatic carbocycles. The van der Waals surface area contributed by atoms with Crippen molar-refractivity contribution in [3.05, 3.63) is 35.3 Å². The summed E-state index contributed by atoms with van der Waals surface area (Å²) in [6.45, 7) is 2.04. The molecule has 5 nitrogen and oxygen atoms in total. The molecule has 1 amide bonds. The van der Waals surface area contributed by atoms with E-state index in [0.29, 0.717) is 12.8 Å². The number of aliphatic hydroxyl groups excluding tert-OH is 1. The van der Waals surface area contributed by atoms with Crippen molar-refractivity contribution < 1.29 is 9.90 Å². The van der Waals surface area contributed by atoms with Gasteiger partial charge >= 0.3 is 0 Å². The number of imidazole rings is 1. The molecule has 0 radical (unpaired) electrons. The van der Waals surface area contributed by atoms with Gasteiger partial charge in [0.2, 0.25) is 5.91 Å². The highest BCUT2D eigenvalue weighted by atomic mass is 16.3. The first kappa shape index (κ1) is 11.9. The molecule has 0 saturated carbocycles. The highest BCUT2D eigenvalue weighted by Gasteiger charge is 2.19. The number of aryl methyl sites for hydroxylation is 1. The maximum atomic E-state index is 11.3. The Bertz CT molecular complexity index is 646. The molecule has 1 aromatic heterocycles. The molecule has 1 aliphatic heterocycles. The van der Waals surface area contributed by atoms with Crippen molar-refractivity contribution in [2.45, 2.75) is 19.8 Å². The largest absolute Gasteiger partial charge is 0.396 e. The molecule has 0 fully saturated rings. The molecule has 3 rings (SSSR count). The zero-order chi connectivity index (χ0) is 13.4. The number of H-pyrrole nitrogens is 1. The smallest absolute Gasteiger partial charge is 0.228 e. The Morgan fingerprint density at radius 3 is 3.05 bits per heavy atom. The molecule has 0 bridgehead atoms. The number of hydrogen-bond acceptors (Lipinski definition) is 3. The van der Waals surface area contributed by atoms with Gasteiger partial charge in [-0.05, 0) is 24.6 Å². The number of anilines is 1. The second-order valence-electron chi connectivity index (χ2n) is 4.73. The fourth-order valence-electron chi connectivity index (χ4n) is 2.40. The van der Waals surface area contributed by atoms with Crippen molar-refractivity contribution >= 4 is 11.6 Å². The Kier molecular flexibility index (Phi) is 2.83. The van der Waals surface area contributed by atoms with E-state index in [1.807, 2.05) is 25.1 Å². The van der Waals surface area contributed by atoms with Gasteiger partial charge in [0, 0.05) is 23.4 Å². The van der Waals surface area contributed by atoms with Crippen LogP contribution in [-0.4, -0.2) is 27.6 Å². The maximum Gasteiger partial charge on any atom is 0.228 e. The van der Waals surface area contributed by atoms with Crippen molar-refractivity contribution in [3.63, 3.8) is 0 Å². The Labute approximate surface area is 110 Å². The molecule has 0 unspecified atom stereocenters. The second kappa shape index (κ2) is 4.51. The van der Waals surface area contributed by atoms with Gasteiger partial charge in [0.05, 0.1) is 18.7 Å². The van der Waals surface area contributed by atoms with Gasteiger partial charge in [-0.3, -0.25) is 4.79 Å². The van der Waals surface area contributed by atoms with Crippen molar-refractivity contribution in [1.82, 2.24) is 9.97 Å². The number of rotatable bonds is 3. The third kappa shape index (κ3) is 2.13. The molecular weight excluding hydrogens is 242 g/mol. The van der Waals surface area contributed by atoms with Gasteiger partial charge in [0.25, 0.3) is 0 Å². The number of nitrogens with zero attached hydrogens (tertiary/aromatic N) is 1. The molecule has 19 heavy (non-hydrogen) atoms. The van der Waals surface area contributed by atoms with Gasteiger partial charge in [-0.2, -0.15) is 0 Å². The van der Waals surface area contributed by atoms with Crippen LogP contribution >= 0.6 is 0 Å². The number of nitrogens with one attached hydrogen (secondary N) is 2. The van der Waals surface area contributed by atoms with Crippen LogP contribution in [0.3, 0.4) is 0 Å². The number of carbonyl (C=O) groups excluding carboxylic acids is 1. The number of fused-ring (bicyclic) bond motifs is 1. The van der Waals surface area contributed by atoms with Crippen molar-refractivity contribution in [1.29, 1.82) is 0 Å². The van der Waals surface area contributed by atoms with Crippen LogP contribution in [0.15, 0.2) is 18.2 Å². The van der Waals surface area contributed by atoms with Gasteiger partial charge in [0.1, 0.15) is 5.82 Å². The van der Waals surface area contributed by atoms with Gasteiger partial charge < -0.3 is 15.4 Å². The van der Waals surface area contributed by atoms with E-state index < -0.39 is 0 Å². The third-order valence-corrected chi connectivity index (χ3v) is 3.29. The van der Waals surface area contributed by atoms with E-state index in [9.17, 15) is 4.79 Å². The van der Waals surface area contributed by atoms with Crippen LogP contribution in [0, 0.1) is 6.92 Å². The number of carbonyl (C=O) groups is 1. The average molecular weight is 257 g/mol. The molecular formula is C14H15N3O2. The van der Waals surface area contributed by atoms with Crippen LogP contribution in [0.2, 0.25) is 0 Å². The van der Waals surface area contributed by atoms with Gasteiger partial charge in [0.15, 0.2) is 0 Å². The van der Waals surface area contributed by atoms with E-state index in [0.717, 1.165) is 34.0 Å². The number of amides is 1. The van der Waals surface area contributed by atoms with E-state index in [1.54, 1.807) is 0 Å². The summed E-state index contributed by atoms with van der Waals surface area (Å²) in [5.74, 6) is 0.816. The summed E-state index contributed by atoms with van der Waals surface area (Å²) >= 11 is 0. The molecule has 0 spiro atoms. The first-order valence-electron chi connectivity index (χ1n) is 6.27. The van der Waals surface area contributed by atoms with Gasteiger partial charge in [-0.15, -0.1) is 0 Å². The lowest BCUT2D eigenvalue weighted by atomic mass is 10.1. The first-order valence-corrected chi connectivity index (χ1v) is 6.27. The summed E-state index contributed by atoms with van der Waals surface area (Å²) in [6.07, 6.45) is 0.946. The van der Waals surface area contributed by atoms with Crippen LogP contribution in [0.1, 0.15) is 17.1 Å². The fourth-order valence-corrected chi connectivity index (χ4v) is 2.40. The molecule has 1 aliphatic rings. The third-order valence-electron chi connectivity index (χ3n) is 3.29. The van der Waals surface area contributed by atoms with Crippen LogP contribution < -0.4 is 5.32 Å². The molecule has 98 valence electrons. The Morgan fingerprint density at radius 1 is 1.42 bits per heavy atom. The first-order chi connectivity index (χ1) is 9.17. The molecule has 2 aromatic rings. The number of hydrogen-bond donors (Lipinski definition) is 3. The Balaban J connectivity index is 1.99. The number of aliphatic hydroxyl groups is 1. The summed E-state index contributed by atoms with van der Waals surface area (Å²) in [4.78, 5) is 19.0. The molecule has 5 heteroatoms. The van der Waals surface area contributed by atoms with Crippen LogP contribution in [0.25, 0.3) is 11.3 Å². The molecule has 3 N–H and O–H groups in total. The average Bonchev–Trinajstić information content (AvgIpc) is 2.90. The maximum absolute atomic E-state index is 11.3. The zero-order valence-corrected chi connectivity index (χ0v) is 10.7. The minimum Gasteiger partial charge on any atom is -0.396 e. The summed E-state index contributed by atoms with van der Waals surface area (Å²) in [6, 6.07) is 5.87. The quantitative estimate of drug-likeness (QED) is 0.778. The topological polar surface area (TPSA) is 78.0 Å². The van der Waals surface area contributed by atoms with Crippen LogP contribution in [-0.2, 0) is 17.6 Å². The predicted octanol–water partition coefficient (Wildman–Crippen LogP) is 1.41. The second-order valence-corrected chi connectivity index (χ2v) is 4.73. The lowest BCUT2D eigenvalue weighted by Crippen LogP contribution is -2.03. The van der Waals surface area contributed by atoms with E-state index in [2.05, 4.69) is 15.3 Å². The Hall–Kier alpha value is -2.14. The number of aromatic nitrogens is 2. The molecule has 0 atom stereocenters. The van der Waals surface area contributed by atoms with E-state index in [-0.39, 0.29) is 12.5 Å². The number of benzene rings is 1. The summed E-state index contributed by atoms with van der Waals surface area (Å²) in [7, 11) is 0. The monoisotopic (exact) mass is 257 g/mol. The highest BCUT2D eigenvalue weighted by molar-refractivity contribution is 5.99. The van der Waals surface area contributed by atoms with E-state index in [4.69, 9.17) is 5.11 Å². The predicted molar refractivity (Wildman–Crippen MR) is 71.9 cm³/mol. The van der Waals surface area contributed by atoms with Gasteiger partial charge in [-0.1, -0.05) is 6.07 Å².